The Morgan fingerprint density at radius 3 is 2.46 bits per heavy atom. The molecule has 1 heterocycles. The topological polar surface area (TPSA) is 30.0 Å². The van der Waals surface area contributed by atoms with Gasteiger partial charge in [0.05, 0.1) is 0 Å². The molecule has 6 heteroatoms. The molecule has 0 radical (unpaired) electrons. The van der Waals surface area contributed by atoms with Crippen molar-refractivity contribution in [1.82, 2.24) is 4.98 Å². The van der Waals surface area contributed by atoms with E-state index >= 15 is 0 Å². The Hall–Kier alpha value is -0.910. The molecule has 0 fully saturated rings. The lowest BCUT2D eigenvalue weighted by Crippen LogP contribution is -2.09. The van der Waals surface area contributed by atoms with Gasteiger partial charge in [0.25, 0.3) is 0 Å². The van der Waals surface area contributed by atoms with Gasteiger partial charge in [0, 0.05) is 16.2 Å². The molecule has 1 aromatic rings. The second kappa shape index (κ2) is 3.45. The first-order valence-corrected chi connectivity index (χ1v) is 3.92. The molecule has 0 aliphatic heterocycles. The summed E-state index contributed by atoms with van der Waals surface area (Å²) in [6.45, 7) is 0. The third-order valence-electron chi connectivity index (χ3n) is 1.27. The average Bonchev–Trinajstić information content (AvgIpc) is 2.01. The van der Waals surface area contributed by atoms with Gasteiger partial charge in [-0.2, -0.15) is 13.2 Å². The summed E-state index contributed by atoms with van der Waals surface area (Å²) >= 11 is 2.68. The standard InChI is InChI=1S/C7H3BrF3NO/c8-5-1-4(3-13)2-12-6(5)7(9,10)11/h1-3H. The Labute approximate surface area is 79.9 Å². The summed E-state index contributed by atoms with van der Waals surface area (Å²) in [6.07, 6.45) is -3.20. The van der Waals surface area contributed by atoms with Crippen LogP contribution < -0.4 is 0 Å². The number of hydrogen-bond donors (Lipinski definition) is 0. The van der Waals surface area contributed by atoms with Crippen LogP contribution in [0.3, 0.4) is 0 Å². The van der Waals surface area contributed by atoms with Gasteiger partial charge in [-0.1, -0.05) is 0 Å². The van der Waals surface area contributed by atoms with E-state index in [0.29, 0.717) is 6.29 Å². The molecular formula is C7H3BrF3NO. The van der Waals surface area contributed by atoms with Crippen LogP contribution in [0.1, 0.15) is 16.1 Å². The predicted octanol–water partition coefficient (Wildman–Crippen LogP) is 2.68. The van der Waals surface area contributed by atoms with Gasteiger partial charge in [-0.3, -0.25) is 4.79 Å². The SMILES string of the molecule is O=Cc1cnc(C(F)(F)F)c(Br)c1. The Morgan fingerprint density at radius 2 is 2.08 bits per heavy atom. The summed E-state index contributed by atoms with van der Waals surface area (Å²) < 4.78 is 36.1. The molecule has 0 bridgehead atoms. The first-order valence-electron chi connectivity index (χ1n) is 3.13. The van der Waals surface area contributed by atoms with Crippen molar-refractivity contribution in [3.8, 4) is 0 Å². The van der Waals surface area contributed by atoms with Gasteiger partial charge in [0.15, 0.2) is 12.0 Å². The molecule has 1 aromatic heterocycles. The molecule has 0 N–H and O–H groups in total. The van der Waals surface area contributed by atoms with E-state index in [1.807, 2.05) is 0 Å². The summed E-state index contributed by atoms with van der Waals surface area (Å²) in [5, 5.41) is 0. The Bertz CT molecular complexity index is 337. The third-order valence-corrected chi connectivity index (χ3v) is 1.87. The number of nitrogens with zero attached hydrogens (tertiary/aromatic N) is 1. The van der Waals surface area contributed by atoms with Crippen LogP contribution >= 0.6 is 15.9 Å². The lowest BCUT2D eigenvalue weighted by molar-refractivity contribution is -0.141. The highest BCUT2D eigenvalue weighted by Crippen LogP contribution is 2.32. The number of aromatic nitrogens is 1. The summed E-state index contributed by atoms with van der Waals surface area (Å²) in [5.74, 6) is 0. The van der Waals surface area contributed by atoms with E-state index in [2.05, 4.69) is 20.9 Å². The van der Waals surface area contributed by atoms with Crippen LogP contribution in [-0.2, 0) is 6.18 Å². The van der Waals surface area contributed by atoms with Crippen LogP contribution in [0.5, 0.6) is 0 Å². The van der Waals surface area contributed by atoms with E-state index in [4.69, 9.17) is 0 Å². The summed E-state index contributed by atoms with van der Waals surface area (Å²) in [6, 6.07) is 1.07. The van der Waals surface area contributed by atoms with E-state index in [0.717, 1.165) is 12.3 Å². The maximum atomic E-state index is 12.1. The van der Waals surface area contributed by atoms with Gasteiger partial charge in [0.1, 0.15) is 0 Å². The molecule has 0 aliphatic rings. The summed E-state index contributed by atoms with van der Waals surface area (Å²) in [4.78, 5) is 13.3. The lowest BCUT2D eigenvalue weighted by atomic mass is 10.2. The highest BCUT2D eigenvalue weighted by atomic mass is 79.9. The molecule has 1 rings (SSSR count). The second-order valence-electron chi connectivity index (χ2n) is 2.21. The van der Waals surface area contributed by atoms with E-state index in [9.17, 15) is 18.0 Å². The lowest BCUT2D eigenvalue weighted by Gasteiger charge is -2.07. The number of alkyl halides is 3. The molecular weight excluding hydrogens is 251 g/mol. The van der Waals surface area contributed by atoms with Gasteiger partial charge in [-0.15, -0.1) is 0 Å². The fourth-order valence-corrected chi connectivity index (χ4v) is 1.32. The van der Waals surface area contributed by atoms with E-state index in [1.165, 1.54) is 0 Å². The smallest absolute Gasteiger partial charge is 0.298 e. The maximum Gasteiger partial charge on any atom is 0.434 e. The van der Waals surface area contributed by atoms with E-state index < -0.39 is 11.9 Å². The minimum Gasteiger partial charge on any atom is -0.298 e. The molecule has 70 valence electrons. The zero-order valence-corrected chi connectivity index (χ0v) is 7.69. The fourth-order valence-electron chi connectivity index (χ4n) is 0.726. The molecule has 0 saturated carbocycles. The van der Waals surface area contributed by atoms with Crippen molar-refractivity contribution in [2.24, 2.45) is 0 Å². The molecule has 0 spiro atoms. The molecule has 0 aromatic carbocycles. The van der Waals surface area contributed by atoms with Crippen LogP contribution in [0.15, 0.2) is 16.7 Å². The molecule has 2 nitrogen and oxygen atoms in total. The normalized spacial score (nSPS) is 11.4. The number of hydrogen-bond acceptors (Lipinski definition) is 2. The van der Waals surface area contributed by atoms with Crippen LogP contribution in [0.25, 0.3) is 0 Å². The van der Waals surface area contributed by atoms with Crippen molar-refractivity contribution >= 4 is 22.2 Å². The van der Waals surface area contributed by atoms with Crippen molar-refractivity contribution < 1.29 is 18.0 Å². The van der Waals surface area contributed by atoms with Crippen molar-refractivity contribution in [2.75, 3.05) is 0 Å². The molecule has 0 atom stereocenters. The molecule has 0 saturated heterocycles. The van der Waals surface area contributed by atoms with Gasteiger partial charge in [-0.05, 0) is 22.0 Å². The average molecular weight is 254 g/mol. The van der Waals surface area contributed by atoms with Crippen molar-refractivity contribution in [3.05, 3.63) is 28.0 Å². The van der Waals surface area contributed by atoms with E-state index in [1.54, 1.807) is 0 Å². The van der Waals surface area contributed by atoms with Crippen molar-refractivity contribution in [3.63, 3.8) is 0 Å². The molecule has 0 amide bonds. The summed E-state index contributed by atoms with van der Waals surface area (Å²) in [7, 11) is 0. The number of rotatable bonds is 1. The third kappa shape index (κ3) is 2.27. The second-order valence-corrected chi connectivity index (χ2v) is 3.07. The fraction of sp³-hybridized carbons (Fsp3) is 0.143. The van der Waals surface area contributed by atoms with Gasteiger partial charge in [-0.25, -0.2) is 4.98 Å². The van der Waals surface area contributed by atoms with Crippen molar-refractivity contribution in [1.29, 1.82) is 0 Å². The zero-order valence-electron chi connectivity index (χ0n) is 6.10. The highest BCUT2D eigenvalue weighted by Gasteiger charge is 2.34. The first-order chi connectivity index (χ1) is 5.95. The highest BCUT2D eigenvalue weighted by molar-refractivity contribution is 9.10. The summed E-state index contributed by atoms with van der Waals surface area (Å²) in [5.41, 5.74) is -0.932. The minimum atomic E-state index is -4.50. The number of pyridine rings is 1. The van der Waals surface area contributed by atoms with Crippen molar-refractivity contribution in [2.45, 2.75) is 6.18 Å². The van der Waals surface area contributed by atoms with Crippen LogP contribution in [0, 0.1) is 0 Å². The van der Waals surface area contributed by atoms with E-state index in [-0.39, 0.29) is 10.0 Å². The van der Waals surface area contributed by atoms with Crippen LogP contribution in [0.4, 0.5) is 13.2 Å². The van der Waals surface area contributed by atoms with Crippen LogP contribution in [0.2, 0.25) is 0 Å². The molecule has 0 unspecified atom stereocenters. The number of aldehydes is 1. The quantitative estimate of drug-likeness (QED) is 0.721. The van der Waals surface area contributed by atoms with Crippen LogP contribution in [-0.4, -0.2) is 11.3 Å². The van der Waals surface area contributed by atoms with Gasteiger partial charge in [0.2, 0.25) is 0 Å². The molecule has 13 heavy (non-hydrogen) atoms. The Balaban J connectivity index is 3.20. The predicted molar refractivity (Wildman–Crippen MR) is 42.3 cm³/mol. The Morgan fingerprint density at radius 1 is 1.46 bits per heavy atom. The number of halogens is 4. The largest absolute Gasteiger partial charge is 0.434 e. The van der Waals surface area contributed by atoms with Gasteiger partial charge < -0.3 is 0 Å². The minimum absolute atomic E-state index is 0.0971. The first kappa shape index (κ1) is 10.2. The maximum absolute atomic E-state index is 12.1. The number of carbonyl (C=O) groups is 1. The number of carbonyl (C=O) groups excluding carboxylic acids is 1. The van der Waals surface area contributed by atoms with Gasteiger partial charge >= 0.3 is 6.18 Å². The Kier molecular flexibility index (Phi) is 2.70. The monoisotopic (exact) mass is 253 g/mol. The molecule has 0 aliphatic carbocycles. The zero-order chi connectivity index (χ0) is 10.1.